The van der Waals surface area contributed by atoms with Crippen LogP contribution in [-0.4, -0.2) is 73.0 Å². The maximum atomic E-state index is 13.0. The zero-order valence-electron chi connectivity index (χ0n) is 23.0. The summed E-state index contributed by atoms with van der Waals surface area (Å²) in [7, 11) is 3.83. The molecular formula is C32H35N5O3. The van der Waals surface area contributed by atoms with Gasteiger partial charge < -0.3 is 20.3 Å². The number of carbonyl (C=O) groups is 2. The largest absolute Gasteiger partial charge is 0.461 e. The first-order valence-electron chi connectivity index (χ1n) is 13.6. The van der Waals surface area contributed by atoms with Crippen LogP contribution in [0.5, 0.6) is 0 Å². The molecule has 0 spiro atoms. The molecule has 40 heavy (non-hydrogen) atoms. The fourth-order valence-corrected chi connectivity index (χ4v) is 4.96. The molecule has 0 radical (unpaired) electrons. The number of ether oxygens (including phenoxy) is 1. The molecule has 1 amide bonds. The minimum absolute atomic E-state index is 0.268. The second-order valence-corrected chi connectivity index (χ2v) is 10.4. The fourth-order valence-electron chi connectivity index (χ4n) is 4.96. The molecule has 8 nitrogen and oxygen atoms in total. The molecule has 4 aromatic rings. The summed E-state index contributed by atoms with van der Waals surface area (Å²) in [6.45, 7) is 3.67. The molecule has 2 heterocycles. The molecule has 1 unspecified atom stereocenters. The topological polar surface area (TPSA) is 86.8 Å². The summed E-state index contributed by atoms with van der Waals surface area (Å²) in [6.07, 6.45) is 4.79. The molecule has 5 rings (SSSR count). The van der Waals surface area contributed by atoms with E-state index in [0.717, 1.165) is 48.4 Å². The van der Waals surface area contributed by atoms with Crippen molar-refractivity contribution in [2.45, 2.75) is 19.0 Å². The summed E-state index contributed by atoms with van der Waals surface area (Å²) in [5, 5.41) is 9.01. The summed E-state index contributed by atoms with van der Waals surface area (Å²) in [6, 6.07) is 23.2. The maximum Gasteiger partial charge on any atom is 0.338 e. The van der Waals surface area contributed by atoms with E-state index in [-0.39, 0.29) is 5.91 Å². The van der Waals surface area contributed by atoms with Crippen molar-refractivity contribution >= 4 is 34.0 Å². The number of pyridine rings is 1. The van der Waals surface area contributed by atoms with E-state index in [9.17, 15) is 9.59 Å². The SMILES string of the molecule is CN(C)CCOC(=O)c1cccc(C(=O)Nc2cccc(CN3CCC(Nc4cccc5cnccc45)C3)c2)c1. The maximum absolute atomic E-state index is 13.0. The number of hydrogen-bond acceptors (Lipinski definition) is 7. The summed E-state index contributed by atoms with van der Waals surface area (Å²) >= 11 is 0. The zero-order valence-corrected chi connectivity index (χ0v) is 23.0. The summed E-state index contributed by atoms with van der Waals surface area (Å²) in [4.78, 5) is 33.9. The van der Waals surface area contributed by atoms with Crippen LogP contribution < -0.4 is 10.6 Å². The van der Waals surface area contributed by atoms with Gasteiger partial charge in [0.1, 0.15) is 6.61 Å². The Balaban J connectivity index is 1.16. The minimum atomic E-state index is -0.436. The van der Waals surface area contributed by atoms with Crippen molar-refractivity contribution in [1.82, 2.24) is 14.8 Å². The molecule has 3 aromatic carbocycles. The van der Waals surface area contributed by atoms with Gasteiger partial charge >= 0.3 is 5.97 Å². The first-order chi connectivity index (χ1) is 19.4. The van der Waals surface area contributed by atoms with Gasteiger partial charge in [0, 0.05) is 72.3 Å². The molecule has 0 aliphatic carbocycles. The molecule has 8 heteroatoms. The highest BCUT2D eigenvalue weighted by molar-refractivity contribution is 6.05. The van der Waals surface area contributed by atoms with Crippen molar-refractivity contribution in [2.75, 3.05) is 51.0 Å². The van der Waals surface area contributed by atoms with E-state index in [4.69, 9.17) is 4.74 Å². The third-order valence-electron chi connectivity index (χ3n) is 7.04. The number of aromatic nitrogens is 1. The number of rotatable bonds is 10. The van der Waals surface area contributed by atoms with Gasteiger partial charge in [-0.05, 0) is 68.5 Å². The molecule has 1 aromatic heterocycles. The van der Waals surface area contributed by atoms with Crippen molar-refractivity contribution in [3.05, 3.63) is 102 Å². The normalized spacial score (nSPS) is 15.3. The lowest BCUT2D eigenvalue weighted by Gasteiger charge is -2.19. The average molecular weight is 538 g/mol. The van der Waals surface area contributed by atoms with E-state index < -0.39 is 5.97 Å². The number of anilines is 2. The Hall–Kier alpha value is -4.27. The van der Waals surface area contributed by atoms with E-state index in [1.54, 1.807) is 24.3 Å². The number of hydrogen-bond donors (Lipinski definition) is 2. The number of nitrogens with zero attached hydrogens (tertiary/aromatic N) is 3. The smallest absolute Gasteiger partial charge is 0.338 e. The second-order valence-electron chi connectivity index (χ2n) is 10.4. The lowest BCUT2D eigenvalue weighted by Crippen LogP contribution is -2.26. The zero-order chi connectivity index (χ0) is 27.9. The van der Waals surface area contributed by atoms with Gasteiger partial charge in [0.05, 0.1) is 5.56 Å². The summed E-state index contributed by atoms with van der Waals surface area (Å²) in [5.41, 5.74) is 3.76. The van der Waals surface area contributed by atoms with Gasteiger partial charge in [-0.25, -0.2) is 4.79 Å². The van der Waals surface area contributed by atoms with Gasteiger partial charge in [0.2, 0.25) is 0 Å². The Labute approximate surface area is 235 Å². The van der Waals surface area contributed by atoms with Crippen LogP contribution in [0.4, 0.5) is 11.4 Å². The number of likely N-dealkylation sites (N-methyl/N-ethyl adjacent to an activating group) is 1. The first kappa shape index (κ1) is 27.3. The highest BCUT2D eigenvalue weighted by Gasteiger charge is 2.23. The van der Waals surface area contributed by atoms with Gasteiger partial charge in [-0.1, -0.05) is 30.3 Å². The average Bonchev–Trinajstić information content (AvgIpc) is 3.39. The van der Waals surface area contributed by atoms with Crippen LogP contribution in [0.25, 0.3) is 10.8 Å². The van der Waals surface area contributed by atoms with Crippen LogP contribution in [-0.2, 0) is 11.3 Å². The van der Waals surface area contributed by atoms with Gasteiger partial charge in [-0.3, -0.25) is 14.7 Å². The fraction of sp³-hybridized carbons (Fsp3) is 0.281. The lowest BCUT2D eigenvalue weighted by molar-refractivity contribution is 0.0482. The monoisotopic (exact) mass is 537 g/mol. The number of carbonyl (C=O) groups excluding carboxylic acids is 2. The number of fused-ring (bicyclic) bond motifs is 1. The van der Waals surface area contributed by atoms with Crippen molar-refractivity contribution < 1.29 is 14.3 Å². The molecule has 0 saturated carbocycles. The number of likely N-dealkylation sites (tertiary alicyclic amines) is 1. The van der Waals surface area contributed by atoms with Crippen LogP contribution in [0, 0.1) is 0 Å². The highest BCUT2D eigenvalue weighted by Crippen LogP contribution is 2.25. The third-order valence-corrected chi connectivity index (χ3v) is 7.04. The van der Waals surface area contributed by atoms with E-state index in [1.807, 2.05) is 49.6 Å². The lowest BCUT2D eigenvalue weighted by atomic mass is 10.1. The highest BCUT2D eigenvalue weighted by atomic mass is 16.5. The molecule has 1 aliphatic heterocycles. The Morgan fingerprint density at radius 2 is 1.85 bits per heavy atom. The molecule has 1 fully saturated rings. The van der Waals surface area contributed by atoms with Crippen LogP contribution in [0.1, 0.15) is 32.7 Å². The van der Waals surface area contributed by atoms with E-state index in [0.29, 0.717) is 30.3 Å². The second kappa shape index (κ2) is 12.7. The van der Waals surface area contributed by atoms with Crippen LogP contribution >= 0.6 is 0 Å². The minimum Gasteiger partial charge on any atom is -0.461 e. The standard InChI is InChI=1S/C32H35N5O3/c1-36(2)16-17-40-32(39)25-8-4-7-24(19-25)31(38)35-27-10-3-6-23(18-27)21-37-15-13-28(22-37)34-30-11-5-9-26-20-33-14-12-29(26)30/h3-12,14,18-20,28,34H,13,15-17,21-22H2,1-2H3,(H,35,38). The predicted molar refractivity (Wildman–Crippen MR) is 159 cm³/mol. The van der Waals surface area contributed by atoms with Crippen LogP contribution in [0.2, 0.25) is 0 Å². The Kier molecular flexibility index (Phi) is 8.68. The third kappa shape index (κ3) is 7.02. The van der Waals surface area contributed by atoms with E-state index in [1.165, 1.54) is 5.39 Å². The van der Waals surface area contributed by atoms with E-state index in [2.05, 4.69) is 50.8 Å². The molecule has 1 aliphatic rings. The number of amides is 1. The molecule has 2 N–H and O–H groups in total. The molecular weight excluding hydrogens is 502 g/mol. The quantitative estimate of drug-likeness (QED) is 0.279. The first-order valence-corrected chi connectivity index (χ1v) is 13.6. The Morgan fingerprint density at radius 1 is 1.02 bits per heavy atom. The van der Waals surface area contributed by atoms with E-state index >= 15 is 0 Å². The molecule has 1 saturated heterocycles. The number of esters is 1. The van der Waals surface area contributed by atoms with Gasteiger partial charge in [-0.15, -0.1) is 0 Å². The van der Waals surface area contributed by atoms with Crippen LogP contribution in [0.15, 0.2) is 85.2 Å². The summed E-state index contributed by atoms with van der Waals surface area (Å²) in [5.74, 6) is -0.704. The van der Waals surface area contributed by atoms with Gasteiger partial charge in [0.25, 0.3) is 5.91 Å². The summed E-state index contributed by atoms with van der Waals surface area (Å²) < 4.78 is 5.31. The number of nitrogens with one attached hydrogen (secondary N) is 2. The Bertz CT molecular complexity index is 1480. The molecule has 0 bridgehead atoms. The van der Waals surface area contributed by atoms with Gasteiger partial charge in [-0.2, -0.15) is 0 Å². The predicted octanol–water partition coefficient (Wildman–Crippen LogP) is 4.89. The van der Waals surface area contributed by atoms with Crippen LogP contribution in [0.3, 0.4) is 0 Å². The van der Waals surface area contributed by atoms with Crippen molar-refractivity contribution in [3.8, 4) is 0 Å². The number of benzene rings is 3. The van der Waals surface area contributed by atoms with Crippen molar-refractivity contribution in [3.63, 3.8) is 0 Å². The Morgan fingerprint density at radius 3 is 2.73 bits per heavy atom. The molecule has 1 atom stereocenters. The van der Waals surface area contributed by atoms with Crippen molar-refractivity contribution in [1.29, 1.82) is 0 Å². The van der Waals surface area contributed by atoms with Gasteiger partial charge in [0.15, 0.2) is 0 Å². The molecule has 206 valence electrons. The van der Waals surface area contributed by atoms with Crippen molar-refractivity contribution in [2.24, 2.45) is 0 Å².